The van der Waals surface area contributed by atoms with E-state index in [1.807, 2.05) is 75.4 Å². The highest BCUT2D eigenvalue weighted by atomic mass is 79.9. The molecule has 208 valence electrons. The normalized spacial score (nSPS) is 12.5. The Kier molecular flexibility index (Phi) is 10.2. The van der Waals surface area contributed by atoms with Gasteiger partial charge >= 0.3 is 0 Å². The SMILES string of the molecule is CC(C)(C)NC(=O)C(Cc1ccccc1)N(Cc1ccc(Br)cc1)C(=O)CN(c1ccccc1Cl)S(C)(=O)=O. The number of anilines is 1. The first-order valence-electron chi connectivity index (χ1n) is 12.4. The van der Waals surface area contributed by atoms with Crippen molar-refractivity contribution in [2.24, 2.45) is 0 Å². The van der Waals surface area contributed by atoms with Gasteiger partial charge in [0.2, 0.25) is 21.8 Å². The third-order valence-corrected chi connectivity index (χ3v) is 7.81. The smallest absolute Gasteiger partial charge is 0.244 e. The van der Waals surface area contributed by atoms with Crippen LogP contribution in [0, 0.1) is 0 Å². The zero-order chi connectivity index (χ0) is 28.8. The highest BCUT2D eigenvalue weighted by Gasteiger charge is 2.34. The van der Waals surface area contributed by atoms with Crippen LogP contribution >= 0.6 is 27.5 Å². The van der Waals surface area contributed by atoms with E-state index in [4.69, 9.17) is 11.6 Å². The van der Waals surface area contributed by atoms with E-state index in [9.17, 15) is 18.0 Å². The number of carbonyl (C=O) groups is 2. The number of halogens is 2. The van der Waals surface area contributed by atoms with Gasteiger partial charge in [-0.1, -0.05) is 82.1 Å². The second kappa shape index (κ2) is 13.0. The second-order valence-corrected chi connectivity index (χ2v) is 13.5. The van der Waals surface area contributed by atoms with Gasteiger partial charge in [0.1, 0.15) is 12.6 Å². The number of sulfonamides is 1. The Bertz CT molecular complexity index is 1390. The van der Waals surface area contributed by atoms with E-state index < -0.39 is 34.1 Å². The van der Waals surface area contributed by atoms with Crippen LogP contribution in [0.1, 0.15) is 31.9 Å². The molecular formula is C29H33BrClN3O4S. The molecule has 0 saturated heterocycles. The number of nitrogens with zero attached hydrogens (tertiary/aromatic N) is 2. The molecule has 0 radical (unpaired) electrons. The number of benzene rings is 3. The van der Waals surface area contributed by atoms with Crippen molar-refractivity contribution < 1.29 is 18.0 Å². The molecule has 0 spiro atoms. The number of para-hydroxylation sites is 1. The average molecular weight is 635 g/mol. The van der Waals surface area contributed by atoms with Gasteiger partial charge < -0.3 is 10.2 Å². The Morgan fingerprint density at radius 1 is 0.923 bits per heavy atom. The fourth-order valence-electron chi connectivity index (χ4n) is 4.04. The van der Waals surface area contributed by atoms with E-state index in [0.717, 1.165) is 26.2 Å². The molecule has 0 aliphatic carbocycles. The lowest BCUT2D eigenvalue weighted by Gasteiger charge is -2.35. The Balaban J connectivity index is 2.08. The quantitative estimate of drug-likeness (QED) is 0.323. The Labute approximate surface area is 244 Å². The van der Waals surface area contributed by atoms with Crippen LogP contribution in [0.4, 0.5) is 5.69 Å². The molecule has 0 aliphatic rings. The third-order valence-electron chi connectivity index (χ3n) is 5.84. The Morgan fingerprint density at radius 2 is 1.51 bits per heavy atom. The minimum Gasteiger partial charge on any atom is -0.350 e. The van der Waals surface area contributed by atoms with Crippen molar-refractivity contribution in [1.82, 2.24) is 10.2 Å². The molecular weight excluding hydrogens is 602 g/mol. The van der Waals surface area contributed by atoms with E-state index in [2.05, 4.69) is 21.2 Å². The van der Waals surface area contributed by atoms with Crippen LogP contribution in [0.3, 0.4) is 0 Å². The van der Waals surface area contributed by atoms with Crippen molar-refractivity contribution in [2.45, 2.75) is 45.3 Å². The summed E-state index contributed by atoms with van der Waals surface area (Å²) in [5, 5.41) is 3.20. The lowest BCUT2D eigenvalue weighted by atomic mass is 10.0. The molecule has 3 rings (SSSR count). The number of rotatable bonds is 10. The van der Waals surface area contributed by atoms with Crippen LogP contribution < -0.4 is 9.62 Å². The second-order valence-electron chi connectivity index (χ2n) is 10.3. The molecule has 7 nitrogen and oxygen atoms in total. The van der Waals surface area contributed by atoms with Crippen LogP contribution in [-0.2, 0) is 32.6 Å². The minimum absolute atomic E-state index is 0.0985. The molecule has 0 bridgehead atoms. The highest BCUT2D eigenvalue weighted by Crippen LogP contribution is 2.28. The topological polar surface area (TPSA) is 86.8 Å². The van der Waals surface area contributed by atoms with Crippen molar-refractivity contribution in [2.75, 3.05) is 17.1 Å². The summed E-state index contributed by atoms with van der Waals surface area (Å²) in [6.45, 7) is 5.19. The molecule has 1 atom stereocenters. The molecule has 0 aliphatic heterocycles. The van der Waals surface area contributed by atoms with Crippen LogP contribution in [0.15, 0.2) is 83.3 Å². The molecule has 1 unspecified atom stereocenters. The van der Waals surface area contributed by atoms with E-state index in [1.54, 1.807) is 24.3 Å². The van der Waals surface area contributed by atoms with Crippen molar-refractivity contribution in [1.29, 1.82) is 0 Å². The third kappa shape index (κ3) is 9.08. The maximum absolute atomic E-state index is 14.0. The van der Waals surface area contributed by atoms with Gasteiger partial charge in [0.15, 0.2) is 0 Å². The van der Waals surface area contributed by atoms with E-state index >= 15 is 0 Å². The zero-order valence-electron chi connectivity index (χ0n) is 22.4. The van der Waals surface area contributed by atoms with Gasteiger partial charge in [-0.25, -0.2) is 8.42 Å². The molecule has 39 heavy (non-hydrogen) atoms. The molecule has 10 heteroatoms. The van der Waals surface area contributed by atoms with Crippen molar-refractivity contribution in [3.05, 3.63) is 99.5 Å². The summed E-state index contributed by atoms with van der Waals surface area (Å²) in [6.07, 6.45) is 1.27. The standard InChI is InChI=1S/C29H33BrClN3O4S/c1-29(2,3)32-28(36)26(18-21-10-6-5-7-11-21)33(19-22-14-16-23(30)17-15-22)27(35)20-34(39(4,37)38)25-13-9-8-12-24(25)31/h5-17,26H,18-20H2,1-4H3,(H,32,36). The van der Waals surface area contributed by atoms with Crippen LogP contribution in [0.5, 0.6) is 0 Å². The first-order valence-corrected chi connectivity index (χ1v) is 15.4. The average Bonchev–Trinajstić information content (AvgIpc) is 2.85. The summed E-state index contributed by atoms with van der Waals surface area (Å²) in [5.41, 5.74) is 1.30. The van der Waals surface area contributed by atoms with Crippen molar-refractivity contribution >= 4 is 55.1 Å². The van der Waals surface area contributed by atoms with Crippen molar-refractivity contribution in [3.63, 3.8) is 0 Å². The Morgan fingerprint density at radius 3 is 2.08 bits per heavy atom. The van der Waals surface area contributed by atoms with Gasteiger partial charge in [-0.15, -0.1) is 0 Å². The molecule has 0 saturated carbocycles. The predicted molar refractivity (Wildman–Crippen MR) is 160 cm³/mol. The summed E-state index contributed by atoms with van der Waals surface area (Å²) >= 11 is 9.75. The van der Waals surface area contributed by atoms with E-state index in [-0.39, 0.29) is 29.6 Å². The molecule has 0 fully saturated rings. The maximum atomic E-state index is 14.0. The molecule has 1 N–H and O–H groups in total. The molecule has 3 aromatic rings. The zero-order valence-corrected chi connectivity index (χ0v) is 25.6. The van der Waals surface area contributed by atoms with Gasteiger partial charge in [0, 0.05) is 23.0 Å². The number of amides is 2. The van der Waals surface area contributed by atoms with Crippen molar-refractivity contribution in [3.8, 4) is 0 Å². The minimum atomic E-state index is -3.89. The highest BCUT2D eigenvalue weighted by molar-refractivity contribution is 9.10. The molecule has 0 heterocycles. The fourth-order valence-corrected chi connectivity index (χ4v) is 5.46. The van der Waals surface area contributed by atoms with Gasteiger partial charge in [-0.3, -0.25) is 13.9 Å². The first kappa shape index (κ1) is 30.7. The Hall–Kier alpha value is -2.88. The first-order chi connectivity index (χ1) is 18.2. The summed E-state index contributed by atoms with van der Waals surface area (Å²) in [5.74, 6) is -0.867. The predicted octanol–water partition coefficient (Wildman–Crippen LogP) is 5.42. The summed E-state index contributed by atoms with van der Waals surface area (Å²) in [6, 6.07) is 22.4. The number of hydrogen-bond donors (Lipinski definition) is 1. The molecule has 0 aromatic heterocycles. The maximum Gasteiger partial charge on any atom is 0.244 e. The van der Waals surface area contributed by atoms with E-state index in [1.165, 1.54) is 4.90 Å². The summed E-state index contributed by atoms with van der Waals surface area (Å²) < 4.78 is 27.5. The van der Waals surface area contributed by atoms with Gasteiger partial charge in [0.25, 0.3) is 0 Å². The van der Waals surface area contributed by atoms with Gasteiger partial charge in [-0.2, -0.15) is 0 Å². The molecule has 2 amide bonds. The lowest BCUT2D eigenvalue weighted by molar-refractivity contribution is -0.140. The number of nitrogens with one attached hydrogen (secondary N) is 1. The largest absolute Gasteiger partial charge is 0.350 e. The lowest BCUT2D eigenvalue weighted by Crippen LogP contribution is -2.56. The van der Waals surface area contributed by atoms with Gasteiger partial charge in [0.05, 0.1) is 17.0 Å². The fraction of sp³-hybridized carbons (Fsp3) is 0.310. The van der Waals surface area contributed by atoms with Crippen LogP contribution in [-0.4, -0.2) is 49.5 Å². The monoisotopic (exact) mass is 633 g/mol. The van der Waals surface area contributed by atoms with E-state index in [0.29, 0.717) is 0 Å². The number of carbonyl (C=O) groups excluding carboxylic acids is 2. The van der Waals surface area contributed by atoms with Crippen LogP contribution in [0.25, 0.3) is 0 Å². The summed E-state index contributed by atoms with van der Waals surface area (Å²) in [4.78, 5) is 29.2. The van der Waals surface area contributed by atoms with Gasteiger partial charge in [-0.05, 0) is 56.2 Å². The van der Waals surface area contributed by atoms with Crippen LogP contribution in [0.2, 0.25) is 5.02 Å². The number of hydrogen-bond acceptors (Lipinski definition) is 4. The summed E-state index contributed by atoms with van der Waals surface area (Å²) in [7, 11) is -3.89. The molecule has 3 aromatic carbocycles.